The number of morpholine rings is 1. The van der Waals surface area contributed by atoms with Crippen LogP contribution in [-0.2, 0) is 26.4 Å². The van der Waals surface area contributed by atoms with Crippen molar-refractivity contribution in [2.24, 2.45) is 0 Å². The number of pyridine rings is 1. The number of rotatable bonds is 4. The zero-order chi connectivity index (χ0) is 27.9. The zero-order valence-corrected chi connectivity index (χ0v) is 23.1. The normalized spacial score (nSPS) is 25.8. The molecular formula is C30H27N3O7S. The van der Waals surface area contributed by atoms with Crippen LogP contribution in [0.1, 0.15) is 51.5 Å². The van der Waals surface area contributed by atoms with Crippen molar-refractivity contribution in [2.75, 3.05) is 25.9 Å². The van der Waals surface area contributed by atoms with Gasteiger partial charge in [0.15, 0.2) is 11.4 Å². The van der Waals surface area contributed by atoms with Gasteiger partial charge in [-0.05, 0) is 47.6 Å². The highest BCUT2D eigenvalue weighted by molar-refractivity contribution is 7.98. The Hall–Kier alpha value is -3.96. The minimum atomic E-state index is -0.949. The molecule has 0 bridgehead atoms. The van der Waals surface area contributed by atoms with Crippen molar-refractivity contribution in [3.05, 3.63) is 92.9 Å². The van der Waals surface area contributed by atoms with Crippen LogP contribution in [-0.4, -0.2) is 59.5 Å². The summed E-state index contributed by atoms with van der Waals surface area (Å²) in [5.41, 5.74) is 7.02. The third-order valence-corrected chi connectivity index (χ3v) is 10.1. The molecule has 1 aromatic heterocycles. The van der Waals surface area contributed by atoms with E-state index in [9.17, 15) is 14.4 Å². The lowest BCUT2D eigenvalue weighted by atomic mass is 9.94. The highest BCUT2D eigenvalue weighted by atomic mass is 32.2. The molecule has 1 N–H and O–H groups in total. The molecule has 11 heteroatoms. The van der Waals surface area contributed by atoms with Crippen LogP contribution in [0.5, 0.6) is 5.75 Å². The first-order valence-corrected chi connectivity index (χ1v) is 14.6. The second-order valence-corrected chi connectivity index (χ2v) is 12.2. The summed E-state index contributed by atoms with van der Waals surface area (Å²) in [5, 5.41) is 0. The summed E-state index contributed by atoms with van der Waals surface area (Å²) < 4.78 is 22.9. The van der Waals surface area contributed by atoms with Crippen LogP contribution in [0.3, 0.4) is 0 Å². The predicted octanol–water partition coefficient (Wildman–Crippen LogP) is 3.59. The Labute approximate surface area is 239 Å². The van der Waals surface area contributed by atoms with Gasteiger partial charge in [-0.3, -0.25) is 19.7 Å². The van der Waals surface area contributed by atoms with E-state index >= 15 is 0 Å². The first kappa shape index (κ1) is 24.8. The molecule has 1 saturated heterocycles. The number of benzene rings is 2. The van der Waals surface area contributed by atoms with Crippen molar-refractivity contribution in [2.45, 2.75) is 53.1 Å². The van der Waals surface area contributed by atoms with Gasteiger partial charge in [0.25, 0.3) is 5.91 Å². The summed E-state index contributed by atoms with van der Waals surface area (Å²) in [4.78, 5) is 41.9. The monoisotopic (exact) mass is 573 g/mol. The number of nitrogens with one attached hydrogen (secondary N) is 1. The zero-order valence-electron chi connectivity index (χ0n) is 22.3. The molecule has 1 amide bonds. The van der Waals surface area contributed by atoms with Crippen LogP contribution in [0, 0.1) is 0 Å². The summed E-state index contributed by atoms with van der Waals surface area (Å²) in [6.45, 7) is -0.124. The van der Waals surface area contributed by atoms with Gasteiger partial charge in [0.1, 0.15) is 6.10 Å². The number of ether oxygens (including phenoxy) is 4. The summed E-state index contributed by atoms with van der Waals surface area (Å²) in [7, 11) is 1.17. The molecule has 2 spiro atoms. The Morgan fingerprint density at radius 2 is 1.95 bits per heavy atom. The van der Waals surface area contributed by atoms with Gasteiger partial charge in [-0.25, -0.2) is 4.79 Å². The molecule has 2 aliphatic carbocycles. The predicted molar refractivity (Wildman–Crippen MR) is 148 cm³/mol. The SMILES string of the molecule is COC(=O)OCOc1c2n(ccc1=O)NC13C(c4cccc5c4Cc4ccccc4CS5)[C@@H]1OCC1(CC1)N3C2=O. The Kier molecular flexibility index (Phi) is 5.30. The fourth-order valence-electron chi connectivity index (χ4n) is 6.87. The molecule has 5 aliphatic rings. The standard InChI is InChI=1S/C30H27N3O7S/c1-37-28(36)40-16-39-25-21(34)9-12-32-24(25)27(35)33-29(10-11-29)15-38-26-23(30(26,33)31-32)19-7-4-8-22-20(19)13-17-5-2-3-6-18(17)14-41-22/h2-9,12,23,26,31H,10-11,13-16H2,1H3/t23?,26-,30?/m0/s1. The quantitative estimate of drug-likeness (QED) is 0.370. The molecule has 2 saturated carbocycles. The van der Waals surface area contributed by atoms with Gasteiger partial charge in [0, 0.05) is 22.9 Å². The second kappa shape index (κ2) is 8.77. The molecule has 41 heavy (non-hydrogen) atoms. The van der Waals surface area contributed by atoms with E-state index in [-0.39, 0.29) is 29.4 Å². The van der Waals surface area contributed by atoms with Gasteiger partial charge in [-0.2, -0.15) is 0 Å². The fourth-order valence-corrected chi connectivity index (χ4v) is 8.01. The van der Waals surface area contributed by atoms with Crippen molar-refractivity contribution in [3.8, 4) is 5.75 Å². The molecule has 3 aromatic rings. The molecule has 4 heterocycles. The van der Waals surface area contributed by atoms with Gasteiger partial charge >= 0.3 is 6.16 Å². The van der Waals surface area contributed by atoms with Crippen molar-refractivity contribution in [3.63, 3.8) is 0 Å². The number of thioether (sulfide) groups is 1. The first-order chi connectivity index (χ1) is 20.0. The summed E-state index contributed by atoms with van der Waals surface area (Å²) in [5.74, 6) is 0.329. The highest BCUT2D eigenvalue weighted by Crippen LogP contribution is 2.67. The van der Waals surface area contributed by atoms with Gasteiger partial charge in [-0.15, -0.1) is 11.8 Å². The highest BCUT2D eigenvalue weighted by Gasteiger charge is 2.81. The van der Waals surface area contributed by atoms with E-state index in [0.29, 0.717) is 6.61 Å². The molecule has 8 rings (SSSR count). The third kappa shape index (κ3) is 3.51. The lowest BCUT2D eigenvalue weighted by Gasteiger charge is -2.47. The van der Waals surface area contributed by atoms with Crippen LogP contribution in [0.4, 0.5) is 4.79 Å². The molecular weight excluding hydrogens is 546 g/mol. The lowest BCUT2D eigenvalue weighted by Crippen LogP contribution is -2.66. The maximum atomic E-state index is 14.4. The molecule has 2 unspecified atom stereocenters. The summed E-state index contributed by atoms with van der Waals surface area (Å²) >= 11 is 1.84. The first-order valence-electron chi connectivity index (χ1n) is 13.6. The molecule has 3 fully saturated rings. The average molecular weight is 574 g/mol. The number of carbonyl (C=O) groups is 2. The number of nitrogens with zero attached hydrogens (tertiary/aromatic N) is 2. The van der Waals surface area contributed by atoms with Crippen LogP contribution in [0.15, 0.2) is 64.4 Å². The van der Waals surface area contributed by atoms with Crippen LogP contribution >= 0.6 is 11.8 Å². The molecule has 3 aliphatic heterocycles. The molecule has 2 aromatic carbocycles. The largest absolute Gasteiger partial charge is 0.510 e. The number of methoxy groups -OCH3 is 1. The smallest absolute Gasteiger partial charge is 0.451 e. The van der Waals surface area contributed by atoms with Crippen molar-refractivity contribution in [1.82, 2.24) is 9.58 Å². The van der Waals surface area contributed by atoms with Crippen molar-refractivity contribution < 1.29 is 28.5 Å². The van der Waals surface area contributed by atoms with E-state index < -0.39 is 29.6 Å². The number of amides is 1. The average Bonchev–Trinajstić information content (AvgIpc) is 3.89. The van der Waals surface area contributed by atoms with Crippen LogP contribution in [0.2, 0.25) is 0 Å². The number of aromatic nitrogens is 1. The maximum absolute atomic E-state index is 14.4. The van der Waals surface area contributed by atoms with Gasteiger partial charge in [-0.1, -0.05) is 36.4 Å². The molecule has 210 valence electrons. The van der Waals surface area contributed by atoms with Crippen molar-refractivity contribution >= 4 is 23.8 Å². The van der Waals surface area contributed by atoms with E-state index in [0.717, 1.165) is 25.0 Å². The van der Waals surface area contributed by atoms with Gasteiger partial charge < -0.3 is 23.8 Å². The molecule has 3 atom stereocenters. The number of carbonyl (C=O) groups excluding carboxylic acids is 2. The number of fused-ring (bicyclic) bond motifs is 4. The Morgan fingerprint density at radius 3 is 2.76 bits per heavy atom. The molecule has 10 nitrogen and oxygen atoms in total. The van der Waals surface area contributed by atoms with E-state index in [4.69, 9.17) is 14.2 Å². The Bertz CT molecular complexity index is 1680. The Morgan fingerprint density at radius 1 is 1.12 bits per heavy atom. The van der Waals surface area contributed by atoms with Crippen molar-refractivity contribution in [1.29, 1.82) is 0 Å². The fraction of sp³-hybridized carbons (Fsp3) is 0.367. The topological polar surface area (TPSA) is 108 Å². The third-order valence-electron chi connectivity index (χ3n) is 8.98. The van der Waals surface area contributed by atoms with Crippen LogP contribution in [0.25, 0.3) is 0 Å². The minimum Gasteiger partial charge on any atom is -0.451 e. The lowest BCUT2D eigenvalue weighted by molar-refractivity contribution is -0.0487. The summed E-state index contributed by atoms with van der Waals surface area (Å²) in [6.07, 6.45) is 2.79. The van der Waals surface area contributed by atoms with E-state index in [1.54, 1.807) is 10.9 Å². The second-order valence-electron chi connectivity index (χ2n) is 11.2. The van der Waals surface area contributed by atoms with E-state index in [2.05, 4.69) is 52.6 Å². The number of hydrogen-bond acceptors (Lipinski definition) is 9. The van der Waals surface area contributed by atoms with Crippen LogP contribution < -0.4 is 15.6 Å². The summed E-state index contributed by atoms with van der Waals surface area (Å²) in [6, 6.07) is 16.3. The van der Waals surface area contributed by atoms with E-state index in [1.807, 2.05) is 16.7 Å². The minimum absolute atomic E-state index is 0.0746. The van der Waals surface area contributed by atoms with Gasteiger partial charge in [0.05, 0.1) is 25.2 Å². The maximum Gasteiger partial charge on any atom is 0.510 e. The number of hydrogen-bond donors (Lipinski definition) is 1. The molecule has 0 radical (unpaired) electrons. The Balaban J connectivity index is 1.21. The van der Waals surface area contributed by atoms with Gasteiger partial charge in [0.2, 0.25) is 18.0 Å². The van der Waals surface area contributed by atoms with E-state index in [1.165, 1.54) is 40.3 Å².